The molecule has 0 aliphatic heterocycles. The highest BCUT2D eigenvalue weighted by Crippen LogP contribution is 2.28. The van der Waals surface area contributed by atoms with E-state index < -0.39 is 16.1 Å². The molecule has 5 nitrogen and oxygen atoms in total. The van der Waals surface area contributed by atoms with E-state index in [1.165, 1.54) is 28.8 Å². The molecule has 6 heteroatoms. The van der Waals surface area contributed by atoms with E-state index in [-0.39, 0.29) is 11.3 Å². The molecular formula is C25H26O5S. The van der Waals surface area contributed by atoms with E-state index in [1.807, 2.05) is 12.1 Å². The number of hydrogen-bond donors (Lipinski definition) is 0. The molecule has 162 valence electrons. The van der Waals surface area contributed by atoms with Gasteiger partial charge in [-0.25, -0.2) is 0 Å². The number of ether oxygens (including phenoxy) is 1. The van der Waals surface area contributed by atoms with E-state index in [0.29, 0.717) is 18.8 Å². The van der Waals surface area contributed by atoms with Crippen molar-refractivity contribution >= 4 is 16.1 Å². The molecule has 0 saturated heterocycles. The third-order valence-corrected chi connectivity index (χ3v) is 6.13. The van der Waals surface area contributed by atoms with Crippen molar-refractivity contribution in [3.05, 3.63) is 83.4 Å². The lowest BCUT2D eigenvalue weighted by Gasteiger charge is -2.12. The van der Waals surface area contributed by atoms with Crippen LogP contribution in [-0.2, 0) is 25.7 Å². The van der Waals surface area contributed by atoms with Gasteiger partial charge < -0.3 is 8.92 Å². The Hall–Kier alpha value is -3.12. The van der Waals surface area contributed by atoms with Crippen LogP contribution in [0.5, 0.6) is 5.75 Å². The lowest BCUT2D eigenvalue weighted by Crippen LogP contribution is -2.12. The number of benzene rings is 3. The van der Waals surface area contributed by atoms with E-state index in [4.69, 9.17) is 4.74 Å². The molecule has 0 fully saturated rings. The Labute approximate surface area is 183 Å². The summed E-state index contributed by atoms with van der Waals surface area (Å²) in [5, 5.41) is 0. The first-order chi connectivity index (χ1) is 14.8. The SMILES string of the molecule is CCCC(=O)OS(=O)(=O)c1ccc(OCc2cccc(-c3c(C)cccc3C)c2)cc1. The molecule has 0 spiro atoms. The minimum absolute atomic E-state index is 0.0571. The maximum atomic E-state index is 12.2. The van der Waals surface area contributed by atoms with Crippen LogP contribution in [0.15, 0.2) is 71.6 Å². The molecule has 3 aromatic rings. The molecule has 3 rings (SSSR count). The van der Waals surface area contributed by atoms with Crippen molar-refractivity contribution in [3.8, 4) is 16.9 Å². The van der Waals surface area contributed by atoms with Gasteiger partial charge in [0.1, 0.15) is 17.3 Å². The number of carbonyl (C=O) groups excluding carboxylic acids is 1. The van der Waals surface area contributed by atoms with Gasteiger partial charge in [0, 0.05) is 6.42 Å². The predicted octanol–water partition coefficient (Wildman–Crippen LogP) is 5.58. The Bertz CT molecular complexity index is 1140. The van der Waals surface area contributed by atoms with Gasteiger partial charge in [0.25, 0.3) is 0 Å². The van der Waals surface area contributed by atoms with Crippen LogP contribution in [0.25, 0.3) is 11.1 Å². The van der Waals surface area contributed by atoms with Gasteiger partial charge >= 0.3 is 16.1 Å². The highest BCUT2D eigenvalue weighted by atomic mass is 32.2. The quantitative estimate of drug-likeness (QED) is 0.429. The molecule has 0 bridgehead atoms. The zero-order chi connectivity index (χ0) is 22.4. The van der Waals surface area contributed by atoms with Crippen molar-refractivity contribution in [2.45, 2.75) is 45.1 Å². The second-order valence-electron chi connectivity index (χ2n) is 7.39. The third kappa shape index (κ3) is 5.73. The number of aryl methyl sites for hydroxylation is 2. The fourth-order valence-electron chi connectivity index (χ4n) is 3.37. The van der Waals surface area contributed by atoms with Crippen molar-refractivity contribution in [1.29, 1.82) is 0 Å². The summed E-state index contributed by atoms with van der Waals surface area (Å²) in [6.45, 7) is 6.32. The van der Waals surface area contributed by atoms with Crippen molar-refractivity contribution in [2.24, 2.45) is 0 Å². The average molecular weight is 439 g/mol. The van der Waals surface area contributed by atoms with Crippen LogP contribution in [0.4, 0.5) is 0 Å². The molecule has 31 heavy (non-hydrogen) atoms. The van der Waals surface area contributed by atoms with Gasteiger partial charge in [0.05, 0.1) is 0 Å². The first-order valence-corrected chi connectivity index (χ1v) is 11.6. The van der Waals surface area contributed by atoms with Crippen molar-refractivity contribution in [1.82, 2.24) is 0 Å². The van der Waals surface area contributed by atoms with Crippen molar-refractivity contribution < 1.29 is 22.1 Å². The minimum atomic E-state index is -4.12. The smallest absolute Gasteiger partial charge is 0.341 e. The van der Waals surface area contributed by atoms with Gasteiger partial charge in [-0.15, -0.1) is 0 Å². The highest BCUT2D eigenvalue weighted by molar-refractivity contribution is 7.87. The molecule has 0 atom stereocenters. The summed E-state index contributed by atoms with van der Waals surface area (Å²) in [7, 11) is -4.12. The number of rotatable bonds is 8. The Kier molecular flexibility index (Phi) is 7.13. The summed E-state index contributed by atoms with van der Waals surface area (Å²) in [6.07, 6.45) is 0.577. The van der Waals surface area contributed by atoms with Crippen LogP contribution in [0, 0.1) is 13.8 Å². The Balaban J connectivity index is 1.69. The second-order valence-corrected chi connectivity index (χ2v) is 8.93. The molecule has 0 heterocycles. The molecular weight excluding hydrogens is 412 g/mol. The van der Waals surface area contributed by atoms with Gasteiger partial charge in [0.15, 0.2) is 0 Å². The molecule has 0 unspecified atom stereocenters. The van der Waals surface area contributed by atoms with E-state index in [2.05, 4.69) is 48.4 Å². The van der Waals surface area contributed by atoms with Crippen LogP contribution in [0.3, 0.4) is 0 Å². The average Bonchev–Trinajstić information content (AvgIpc) is 2.72. The van der Waals surface area contributed by atoms with E-state index >= 15 is 0 Å². The van der Waals surface area contributed by atoms with Crippen LogP contribution >= 0.6 is 0 Å². The van der Waals surface area contributed by atoms with Gasteiger partial charge in [0.2, 0.25) is 0 Å². The lowest BCUT2D eigenvalue weighted by molar-refractivity contribution is -0.133. The van der Waals surface area contributed by atoms with Gasteiger partial charge in [-0.3, -0.25) is 4.79 Å². The molecule has 0 aliphatic rings. The fourth-order valence-corrected chi connectivity index (χ4v) is 4.27. The number of carbonyl (C=O) groups is 1. The topological polar surface area (TPSA) is 69.7 Å². The molecule has 0 aliphatic carbocycles. The highest BCUT2D eigenvalue weighted by Gasteiger charge is 2.19. The van der Waals surface area contributed by atoms with Gasteiger partial charge in [-0.05, 0) is 78.4 Å². The summed E-state index contributed by atoms with van der Waals surface area (Å²) in [5.74, 6) is -0.233. The standard InChI is InChI=1S/C25H26O5S/c1-4-7-24(26)30-31(27,28)23-14-12-22(13-15-23)29-17-20-10-6-11-21(16-20)25-18(2)8-5-9-19(25)3/h5-6,8-16H,4,7,17H2,1-3H3. The largest absolute Gasteiger partial charge is 0.489 e. The van der Waals surface area contributed by atoms with Gasteiger partial charge in [-0.1, -0.05) is 43.3 Å². The van der Waals surface area contributed by atoms with Crippen LogP contribution < -0.4 is 4.74 Å². The number of hydrogen-bond acceptors (Lipinski definition) is 5. The first-order valence-electron chi connectivity index (χ1n) is 10.2. The maximum Gasteiger partial charge on any atom is 0.341 e. The minimum Gasteiger partial charge on any atom is -0.489 e. The molecule has 0 amide bonds. The van der Waals surface area contributed by atoms with Gasteiger partial charge in [-0.2, -0.15) is 8.42 Å². The van der Waals surface area contributed by atoms with Crippen molar-refractivity contribution in [2.75, 3.05) is 0 Å². The zero-order valence-corrected chi connectivity index (χ0v) is 18.7. The van der Waals surface area contributed by atoms with Crippen LogP contribution in [0.1, 0.15) is 36.5 Å². The zero-order valence-electron chi connectivity index (χ0n) is 17.9. The van der Waals surface area contributed by atoms with Crippen LogP contribution in [-0.4, -0.2) is 14.4 Å². The molecule has 0 radical (unpaired) electrons. The molecule has 3 aromatic carbocycles. The van der Waals surface area contributed by atoms with Crippen molar-refractivity contribution in [3.63, 3.8) is 0 Å². The second kappa shape index (κ2) is 9.79. The van der Waals surface area contributed by atoms with Crippen LogP contribution in [0.2, 0.25) is 0 Å². The maximum absolute atomic E-state index is 12.2. The third-order valence-electron chi connectivity index (χ3n) is 4.87. The Morgan fingerprint density at radius 3 is 2.19 bits per heavy atom. The Morgan fingerprint density at radius 2 is 1.55 bits per heavy atom. The summed E-state index contributed by atoms with van der Waals surface area (Å²) in [5.41, 5.74) is 5.79. The Morgan fingerprint density at radius 1 is 0.903 bits per heavy atom. The summed E-state index contributed by atoms with van der Waals surface area (Å²) < 4.78 is 34.7. The molecule has 0 saturated carbocycles. The van der Waals surface area contributed by atoms with E-state index in [0.717, 1.165) is 11.1 Å². The fraction of sp³-hybridized carbons (Fsp3) is 0.240. The summed E-state index contributed by atoms with van der Waals surface area (Å²) in [4.78, 5) is 11.4. The van der Waals surface area contributed by atoms with E-state index in [9.17, 15) is 13.2 Å². The summed E-state index contributed by atoms with van der Waals surface area (Å²) >= 11 is 0. The summed E-state index contributed by atoms with van der Waals surface area (Å²) in [6, 6.07) is 20.3. The lowest BCUT2D eigenvalue weighted by atomic mass is 9.95. The molecule has 0 aromatic heterocycles. The predicted molar refractivity (Wildman–Crippen MR) is 120 cm³/mol. The monoisotopic (exact) mass is 438 g/mol. The van der Waals surface area contributed by atoms with E-state index in [1.54, 1.807) is 19.1 Å². The molecule has 0 N–H and O–H groups in total. The first kappa shape index (κ1) is 22.6. The normalized spacial score (nSPS) is 11.2.